The average Bonchev–Trinajstić information content (AvgIpc) is 2.41. The number of aromatic amines is 1. The Labute approximate surface area is 107 Å². The Morgan fingerprint density at radius 1 is 1.32 bits per heavy atom. The zero-order valence-corrected chi connectivity index (χ0v) is 9.87. The van der Waals surface area contributed by atoms with Gasteiger partial charge in [-0.1, -0.05) is 0 Å². The molecule has 0 aliphatic carbocycles. The van der Waals surface area contributed by atoms with Crippen molar-refractivity contribution >= 4 is 5.91 Å². The number of amides is 1. The number of hydrogen-bond donors (Lipinski definition) is 2. The van der Waals surface area contributed by atoms with Crippen LogP contribution in [-0.2, 0) is 6.54 Å². The molecular formula is C11H11N5O3. The molecule has 0 aromatic carbocycles. The molecule has 0 aliphatic rings. The summed E-state index contributed by atoms with van der Waals surface area (Å²) >= 11 is 0. The lowest BCUT2D eigenvalue weighted by atomic mass is 10.3. The van der Waals surface area contributed by atoms with Crippen LogP contribution in [0, 0.1) is 0 Å². The van der Waals surface area contributed by atoms with Gasteiger partial charge in [-0.25, -0.2) is 10.1 Å². The molecule has 0 aliphatic heterocycles. The monoisotopic (exact) mass is 261 g/mol. The van der Waals surface area contributed by atoms with E-state index in [9.17, 15) is 14.4 Å². The van der Waals surface area contributed by atoms with E-state index in [0.717, 1.165) is 0 Å². The fourth-order valence-corrected chi connectivity index (χ4v) is 1.40. The van der Waals surface area contributed by atoms with Crippen molar-refractivity contribution in [3.05, 3.63) is 57.1 Å². The van der Waals surface area contributed by atoms with Crippen LogP contribution >= 0.6 is 0 Å². The zero-order valence-electron chi connectivity index (χ0n) is 9.87. The van der Waals surface area contributed by atoms with Crippen molar-refractivity contribution in [2.24, 2.45) is 0 Å². The van der Waals surface area contributed by atoms with Crippen LogP contribution in [-0.4, -0.2) is 32.2 Å². The van der Waals surface area contributed by atoms with Gasteiger partial charge in [-0.05, 0) is 6.07 Å². The highest BCUT2D eigenvalue weighted by Crippen LogP contribution is 1.88. The van der Waals surface area contributed by atoms with Crippen molar-refractivity contribution in [1.29, 1.82) is 0 Å². The average molecular weight is 261 g/mol. The highest BCUT2D eigenvalue weighted by molar-refractivity contribution is 5.91. The van der Waals surface area contributed by atoms with Crippen LogP contribution in [0.5, 0.6) is 0 Å². The van der Waals surface area contributed by atoms with E-state index in [2.05, 4.69) is 20.5 Å². The fraction of sp³-hybridized carbons (Fsp3) is 0.182. The van der Waals surface area contributed by atoms with Gasteiger partial charge in [-0.3, -0.25) is 19.0 Å². The highest BCUT2D eigenvalue weighted by atomic mass is 16.2. The van der Waals surface area contributed by atoms with E-state index in [1.165, 1.54) is 35.3 Å². The van der Waals surface area contributed by atoms with Crippen molar-refractivity contribution in [2.45, 2.75) is 6.54 Å². The Bertz CT molecular complexity index is 670. The maximum atomic E-state index is 11.6. The number of carbonyl (C=O) groups is 1. The molecule has 0 fully saturated rings. The van der Waals surface area contributed by atoms with E-state index >= 15 is 0 Å². The van der Waals surface area contributed by atoms with Gasteiger partial charge in [0.15, 0.2) is 0 Å². The van der Waals surface area contributed by atoms with Crippen LogP contribution in [0.15, 0.2) is 40.3 Å². The minimum Gasteiger partial charge on any atom is -0.349 e. The minimum atomic E-state index is -0.423. The molecule has 0 saturated heterocycles. The van der Waals surface area contributed by atoms with Gasteiger partial charge in [0.2, 0.25) is 0 Å². The van der Waals surface area contributed by atoms with E-state index < -0.39 is 5.91 Å². The van der Waals surface area contributed by atoms with Crippen LogP contribution in [0.1, 0.15) is 10.5 Å². The molecule has 2 heterocycles. The molecule has 98 valence electrons. The van der Waals surface area contributed by atoms with Gasteiger partial charge >= 0.3 is 0 Å². The first-order valence-electron chi connectivity index (χ1n) is 5.51. The third-order valence-corrected chi connectivity index (χ3v) is 2.34. The number of nitrogens with zero attached hydrogens (tertiary/aromatic N) is 3. The second-order valence-corrected chi connectivity index (χ2v) is 3.67. The summed E-state index contributed by atoms with van der Waals surface area (Å²) in [6, 6.07) is 3.88. The molecule has 0 radical (unpaired) electrons. The number of rotatable bonds is 4. The van der Waals surface area contributed by atoms with Gasteiger partial charge in [-0.15, -0.1) is 0 Å². The number of carbonyl (C=O) groups excluding carboxylic acids is 1. The van der Waals surface area contributed by atoms with Gasteiger partial charge in [0.25, 0.3) is 17.0 Å². The smallest absolute Gasteiger partial charge is 0.271 e. The zero-order chi connectivity index (χ0) is 13.7. The predicted octanol–water partition coefficient (Wildman–Crippen LogP) is -1.24. The molecule has 8 nitrogen and oxygen atoms in total. The van der Waals surface area contributed by atoms with Crippen molar-refractivity contribution < 1.29 is 4.79 Å². The van der Waals surface area contributed by atoms with E-state index in [4.69, 9.17) is 0 Å². The topological polar surface area (TPSA) is 110 Å². The van der Waals surface area contributed by atoms with E-state index in [1.807, 2.05) is 0 Å². The standard InChI is InChI=1S/C11H11N5O3/c17-9-2-1-8(14-15-9)11(19)13-5-6-16-7-12-4-3-10(16)18/h1-4,7H,5-6H2,(H,13,19)(H,15,17). The molecule has 0 bridgehead atoms. The van der Waals surface area contributed by atoms with Gasteiger partial charge in [0, 0.05) is 31.4 Å². The van der Waals surface area contributed by atoms with Crippen LogP contribution in [0.25, 0.3) is 0 Å². The Balaban J connectivity index is 1.91. The summed E-state index contributed by atoms with van der Waals surface area (Å²) in [7, 11) is 0. The summed E-state index contributed by atoms with van der Waals surface area (Å²) in [5, 5.41) is 8.34. The second-order valence-electron chi connectivity index (χ2n) is 3.67. The molecule has 2 aromatic heterocycles. The Hall–Kier alpha value is -2.77. The van der Waals surface area contributed by atoms with E-state index in [1.54, 1.807) is 0 Å². The van der Waals surface area contributed by atoms with Crippen LogP contribution in [0.3, 0.4) is 0 Å². The largest absolute Gasteiger partial charge is 0.349 e. The highest BCUT2D eigenvalue weighted by Gasteiger charge is 2.06. The Kier molecular flexibility index (Phi) is 3.81. The summed E-state index contributed by atoms with van der Waals surface area (Å²) in [4.78, 5) is 37.6. The molecule has 2 N–H and O–H groups in total. The first-order chi connectivity index (χ1) is 9.16. The summed E-state index contributed by atoms with van der Waals surface area (Å²) in [6.45, 7) is 0.563. The maximum Gasteiger partial charge on any atom is 0.271 e. The normalized spacial score (nSPS) is 10.1. The summed E-state index contributed by atoms with van der Waals surface area (Å²) in [5.41, 5.74) is -0.456. The lowest BCUT2D eigenvalue weighted by Crippen LogP contribution is -2.31. The third kappa shape index (κ3) is 3.35. The molecule has 0 atom stereocenters. The van der Waals surface area contributed by atoms with Gasteiger partial charge in [0.1, 0.15) is 5.69 Å². The summed E-state index contributed by atoms with van der Waals surface area (Å²) in [5.74, 6) is -0.423. The lowest BCUT2D eigenvalue weighted by molar-refractivity contribution is 0.0946. The number of aromatic nitrogens is 4. The van der Waals surface area contributed by atoms with Crippen molar-refractivity contribution in [3.63, 3.8) is 0 Å². The molecule has 1 amide bonds. The number of H-pyrrole nitrogens is 1. The molecular weight excluding hydrogens is 250 g/mol. The second kappa shape index (κ2) is 5.71. The third-order valence-electron chi connectivity index (χ3n) is 2.34. The first-order valence-corrected chi connectivity index (χ1v) is 5.51. The van der Waals surface area contributed by atoms with Crippen molar-refractivity contribution in [3.8, 4) is 0 Å². The van der Waals surface area contributed by atoms with Gasteiger partial charge < -0.3 is 5.32 Å². The SMILES string of the molecule is O=C(NCCn1cnccc1=O)c1ccc(=O)[nH]n1. The van der Waals surface area contributed by atoms with Crippen LogP contribution < -0.4 is 16.4 Å². The molecule has 2 rings (SSSR count). The van der Waals surface area contributed by atoms with Gasteiger partial charge in [-0.2, -0.15) is 5.10 Å². The Morgan fingerprint density at radius 3 is 2.84 bits per heavy atom. The molecule has 0 spiro atoms. The maximum absolute atomic E-state index is 11.6. The summed E-state index contributed by atoms with van der Waals surface area (Å²) in [6.07, 6.45) is 2.80. The fourth-order valence-electron chi connectivity index (χ4n) is 1.40. The molecule has 0 saturated carbocycles. The Morgan fingerprint density at radius 2 is 2.16 bits per heavy atom. The summed E-state index contributed by atoms with van der Waals surface area (Å²) < 4.78 is 1.38. The number of nitrogens with one attached hydrogen (secondary N) is 2. The number of hydrogen-bond acceptors (Lipinski definition) is 5. The van der Waals surface area contributed by atoms with E-state index in [0.29, 0.717) is 6.54 Å². The van der Waals surface area contributed by atoms with Crippen molar-refractivity contribution in [1.82, 2.24) is 25.1 Å². The molecule has 2 aromatic rings. The van der Waals surface area contributed by atoms with Gasteiger partial charge in [0.05, 0.1) is 6.33 Å². The predicted molar refractivity (Wildman–Crippen MR) is 65.7 cm³/mol. The van der Waals surface area contributed by atoms with Crippen LogP contribution in [0.2, 0.25) is 0 Å². The molecule has 19 heavy (non-hydrogen) atoms. The quantitative estimate of drug-likeness (QED) is 0.715. The van der Waals surface area contributed by atoms with Crippen molar-refractivity contribution in [2.75, 3.05) is 6.54 Å². The van der Waals surface area contributed by atoms with Crippen LogP contribution in [0.4, 0.5) is 0 Å². The first kappa shape index (κ1) is 12.7. The van der Waals surface area contributed by atoms with E-state index in [-0.39, 0.29) is 23.4 Å². The lowest BCUT2D eigenvalue weighted by Gasteiger charge is -2.05. The molecule has 0 unspecified atom stereocenters. The minimum absolute atomic E-state index is 0.109. The molecule has 8 heteroatoms.